The van der Waals surface area contributed by atoms with Gasteiger partial charge in [-0.3, -0.25) is 4.79 Å². The van der Waals surface area contributed by atoms with Crippen LogP contribution in [-0.2, 0) is 10.2 Å². The molecule has 0 saturated heterocycles. The maximum absolute atomic E-state index is 14.0. The van der Waals surface area contributed by atoms with Crippen molar-refractivity contribution in [3.8, 4) is 11.5 Å². The molecule has 4 nitrogen and oxygen atoms in total. The van der Waals surface area contributed by atoms with Crippen molar-refractivity contribution in [3.05, 3.63) is 23.3 Å². The molecule has 1 aliphatic heterocycles. The van der Waals surface area contributed by atoms with Gasteiger partial charge in [0.15, 0.2) is 23.1 Å². The van der Waals surface area contributed by atoms with Gasteiger partial charge in [0.2, 0.25) is 0 Å². The smallest absolute Gasteiger partial charge is 0.304 e. The van der Waals surface area contributed by atoms with Gasteiger partial charge in [0.05, 0.1) is 6.42 Å². The zero-order valence-corrected chi connectivity index (χ0v) is 10.6. The van der Waals surface area contributed by atoms with Gasteiger partial charge in [-0.2, -0.15) is 0 Å². The molecular weight excluding hydrogens is 258 g/mol. The van der Waals surface area contributed by atoms with E-state index < -0.39 is 23.0 Å². The molecule has 0 radical (unpaired) electrons. The minimum Gasteiger partial charge on any atom is -0.486 e. The van der Waals surface area contributed by atoms with Crippen LogP contribution in [0.25, 0.3) is 0 Å². The number of carboxylic acid groups (broad SMARTS) is 1. The molecule has 0 atom stereocenters. The average molecular weight is 272 g/mol. The van der Waals surface area contributed by atoms with E-state index in [-0.39, 0.29) is 36.7 Å². The van der Waals surface area contributed by atoms with E-state index in [1.54, 1.807) is 0 Å². The van der Waals surface area contributed by atoms with Crippen molar-refractivity contribution in [1.82, 2.24) is 0 Å². The minimum atomic E-state index is -1.11. The van der Waals surface area contributed by atoms with Gasteiger partial charge in [-0.1, -0.05) is 13.8 Å². The van der Waals surface area contributed by atoms with Crippen LogP contribution < -0.4 is 9.47 Å². The first-order valence-electron chi connectivity index (χ1n) is 5.83. The largest absolute Gasteiger partial charge is 0.486 e. The molecule has 0 fully saturated rings. The molecule has 104 valence electrons. The van der Waals surface area contributed by atoms with Crippen LogP contribution in [0.5, 0.6) is 11.5 Å². The lowest BCUT2D eigenvalue weighted by molar-refractivity contribution is -0.138. The van der Waals surface area contributed by atoms with Crippen LogP contribution in [0.3, 0.4) is 0 Å². The maximum Gasteiger partial charge on any atom is 0.304 e. The number of hydrogen-bond donors (Lipinski definition) is 1. The molecule has 2 rings (SSSR count). The Kier molecular flexibility index (Phi) is 3.34. The van der Waals surface area contributed by atoms with Crippen LogP contribution in [0.1, 0.15) is 25.8 Å². The van der Waals surface area contributed by atoms with Crippen molar-refractivity contribution >= 4 is 5.97 Å². The van der Waals surface area contributed by atoms with Crippen molar-refractivity contribution in [2.75, 3.05) is 13.2 Å². The highest BCUT2D eigenvalue weighted by Crippen LogP contribution is 2.44. The highest BCUT2D eigenvalue weighted by atomic mass is 19.2. The van der Waals surface area contributed by atoms with Crippen LogP contribution in [0.2, 0.25) is 0 Å². The second-order valence-electron chi connectivity index (χ2n) is 5.03. The summed E-state index contributed by atoms with van der Waals surface area (Å²) in [6.45, 7) is 3.51. The summed E-state index contributed by atoms with van der Waals surface area (Å²) in [7, 11) is 0. The van der Waals surface area contributed by atoms with Crippen molar-refractivity contribution in [1.29, 1.82) is 0 Å². The first kappa shape index (κ1) is 13.6. The van der Waals surface area contributed by atoms with Gasteiger partial charge in [0.25, 0.3) is 0 Å². The molecule has 1 N–H and O–H groups in total. The molecule has 0 bridgehead atoms. The zero-order valence-electron chi connectivity index (χ0n) is 10.6. The van der Waals surface area contributed by atoms with Gasteiger partial charge in [0.1, 0.15) is 13.2 Å². The first-order valence-corrected chi connectivity index (χ1v) is 5.83. The summed E-state index contributed by atoms with van der Waals surface area (Å²) in [5, 5.41) is 8.89. The summed E-state index contributed by atoms with van der Waals surface area (Å²) in [5.41, 5.74) is -1.20. The zero-order chi connectivity index (χ0) is 14.2. The van der Waals surface area contributed by atoms with E-state index in [0.717, 1.165) is 6.07 Å². The normalized spacial score (nSPS) is 14.3. The average Bonchev–Trinajstić information content (AvgIpc) is 2.28. The number of aliphatic carboxylic acids is 1. The number of rotatable bonds is 3. The number of fused-ring (bicyclic) bond motifs is 1. The predicted molar refractivity (Wildman–Crippen MR) is 62.6 cm³/mol. The van der Waals surface area contributed by atoms with E-state index in [1.807, 2.05) is 0 Å². The third-order valence-electron chi connectivity index (χ3n) is 3.00. The van der Waals surface area contributed by atoms with Gasteiger partial charge >= 0.3 is 5.97 Å². The number of halogens is 2. The van der Waals surface area contributed by atoms with Gasteiger partial charge in [-0.15, -0.1) is 0 Å². The third-order valence-corrected chi connectivity index (χ3v) is 3.00. The van der Waals surface area contributed by atoms with E-state index in [1.165, 1.54) is 13.8 Å². The molecule has 1 heterocycles. The Morgan fingerprint density at radius 3 is 2.63 bits per heavy atom. The second kappa shape index (κ2) is 4.68. The van der Waals surface area contributed by atoms with Gasteiger partial charge in [-0.05, 0) is 0 Å². The summed E-state index contributed by atoms with van der Waals surface area (Å²) in [6, 6.07) is 0.921. The van der Waals surface area contributed by atoms with E-state index in [9.17, 15) is 13.6 Å². The van der Waals surface area contributed by atoms with Crippen LogP contribution in [0.4, 0.5) is 8.78 Å². The highest BCUT2D eigenvalue weighted by Gasteiger charge is 2.35. The standard InChI is InChI=1S/C13H14F2O4/c1-13(2,6-9(16)17)10-11(15)7(14)5-8-12(10)19-4-3-18-8/h5H,3-4,6H2,1-2H3,(H,16,17). The Hall–Kier alpha value is -1.85. The molecule has 0 unspecified atom stereocenters. The summed E-state index contributed by atoms with van der Waals surface area (Å²) in [4.78, 5) is 10.9. The van der Waals surface area contributed by atoms with Crippen molar-refractivity contribution in [2.45, 2.75) is 25.7 Å². The Balaban J connectivity index is 2.60. The lowest BCUT2D eigenvalue weighted by Crippen LogP contribution is -2.27. The van der Waals surface area contributed by atoms with Crippen LogP contribution in [-0.4, -0.2) is 24.3 Å². The van der Waals surface area contributed by atoms with Crippen LogP contribution >= 0.6 is 0 Å². The minimum absolute atomic E-state index is 0.0930. The maximum atomic E-state index is 14.0. The Labute approximate surface area is 108 Å². The Bertz CT molecular complexity index is 526. The topological polar surface area (TPSA) is 55.8 Å². The van der Waals surface area contributed by atoms with Crippen molar-refractivity contribution in [2.24, 2.45) is 0 Å². The molecule has 0 saturated carbocycles. The number of ether oxygens (including phenoxy) is 2. The fraction of sp³-hybridized carbons (Fsp3) is 0.462. The number of carbonyl (C=O) groups is 1. The summed E-state index contributed by atoms with van der Waals surface area (Å²) in [5.74, 6) is -3.05. The number of hydrogen-bond acceptors (Lipinski definition) is 3. The molecule has 1 aliphatic rings. The van der Waals surface area contributed by atoms with Crippen molar-refractivity contribution in [3.63, 3.8) is 0 Å². The monoisotopic (exact) mass is 272 g/mol. The van der Waals surface area contributed by atoms with E-state index in [2.05, 4.69) is 0 Å². The Morgan fingerprint density at radius 1 is 1.37 bits per heavy atom. The molecule has 1 aromatic carbocycles. The van der Waals surface area contributed by atoms with E-state index >= 15 is 0 Å². The SMILES string of the molecule is CC(C)(CC(=O)O)c1c(F)c(F)cc2c1OCCO2. The third kappa shape index (κ3) is 2.47. The lowest BCUT2D eigenvalue weighted by atomic mass is 9.80. The van der Waals surface area contributed by atoms with Crippen molar-refractivity contribution < 1.29 is 28.2 Å². The fourth-order valence-electron chi connectivity index (χ4n) is 2.20. The highest BCUT2D eigenvalue weighted by molar-refractivity contribution is 5.69. The first-order chi connectivity index (χ1) is 8.83. The summed E-state index contributed by atoms with van der Waals surface area (Å²) < 4.78 is 38.2. The molecule has 0 aliphatic carbocycles. The van der Waals surface area contributed by atoms with Gasteiger partial charge in [0, 0.05) is 17.0 Å². The molecule has 0 amide bonds. The quantitative estimate of drug-likeness (QED) is 0.918. The van der Waals surface area contributed by atoms with E-state index in [0.29, 0.717) is 0 Å². The van der Waals surface area contributed by atoms with Crippen LogP contribution in [0, 0.1) is 11.6 Å². The van der Waals surface area contributed by atoms with Crippen LogP contribution in [0.15, 0.2) is 6.07 Å². The fourth-order valence-corrected chi connectivity index (χ4v) is 2.20. The van der Waals surface area contributed by atoms with Gasteiger partial charge in [-0.25, -0.2) is 8.78 Å². The predicted octanol–water partition coefficient (Wildman–Crippen LogP) is 2.49. The van der Waals surface area contributed by atoms with E-state index in [4.69, 9.17) is 14.6 Å². The number of benzene rings is 1. The molecule has 6 heteroatoms. The second-order valence-corrected chi connectivity index (χ2v) is 5.03. The number of carboxylic acids is 1. The molecule has 0 aromatic heterocycles. The lowest BCUT2D eigenvalue weighted by Gasteiger charge is -2.29. The Morgan fingerprint density at radius 2 is 2.00 bits per heavy atom. The molecule has 0 spiro atoms. The van der Waals surface area contributed by atoms with Gasteiger partial charge < -0.3 is 14.6 Å². The molecular formula is C13H14F2O4. The summed E-state index contributed by atoms with van der Waals surface area (Å²) >= 11 is 0. The molecule has 1 aromatic rings. The molecule has 19 heavy (non-hydrogen) atoms. The summed E-state index contributed by atoms with van der Waals surface area (Å²) in [6.07, 6.45) is -0.344.